The number of fused-ring (bicyclic) bond motifs is 4. The van der Waals surface area contributed by atoms with Crippen molar-refractivity contribution in [2.24, 2.45) is 52.8 Å². The molecule has 16 rings (SSSR count). The third kappa shape index (κ3) is 25.6. The fourth-order valence-electron chi connectivity index (χ4n) is 23.3. The highest BCUT2D eigenvalue weighted by atomic mass is 35.5. The van der Waals surface area contributed by atoms with Gasteiger partial charge >= 0.3 is 11.9 Å². The van der Waals surface area contributed by atoms with Crippen LogP contribution in [0.3, 0.4) is 0 Å². The predicted octanol–water partition coefficient (Wildman–Crippen LogP) is 13.7. The Hall–Kier alpha value is -6.01. The van der Waals surface area contributed by atoms with E-state index in [0.717, 1.165) is 29.0 Å². The number of aliphatic hydroxyl groups is 7. The number of aromatic nitrogens is 3. The Morgan fingerprint density at radius 1 is 0.528 bits per heavy atom. The predicted molar refractivity (Wildman–Crippen MR) is 534 cm³/mol. The Kier molecular flexibility index (Phi) is 38.1. The van der Waals surface area contributed by atoms with E-state index in [2.05, 4.69) is 89.8 Å². The van der Waals surface area contributed by atoms with Crippen LogP contribution in [0.2, 0.25) is 5.02 Å². The first-order chi connectivity index (χ1) is 68.3. The molecule has 1 aromatic heterocycles. The van der Waals surface area contributed by atoms with E-state index in [1.807, 2.05) is 109 Å². The number of aliphatic hydroxyl groups excluding tert-OH is 4. The molecule has 4 bridgehead atoms. The zero-order valence-corrected chi connectivity index (χ0v) is 89.2. The molecule has 7 N–H and O–H groups in total. The van der Waals surface area contributed by atoms with Gasteiger partial charge in [0.15, 0.2) is 36.7 Å². The standard InChI is InChI=1S/C48H72O14.C47H70O14.C16H22ClN3O/c1-11-25(2)43-28(5)17-18-47(62-43)23-34-20-33(61-47)16-15-27(4)42(26(3)13-12-14-32-24-55-45-40(49)29(6)19-35(46(51)58-34)48(32,45)52)59-39-22-37(54-10)44(31(8)57-39)60-38-21-36(53-9)41(50)30(7)56-38;1-24(2)41-27(5)16-17-46(61-41)22-33-19-32(60-46)15-14-26(4)42(25(3)12-11-13-31-23-54-44-39(48)28(6)18-34(45(50)57-33)47(31,44)51)58-38-21-36(53-10)43(30(8)56-38)59-37-20-35(52-9)40(49)29(7)55-37;1-15(2,3)16(21,10-20-12-18-11-19-20)9-8-13-4-6-14(17)7-5-13/h12-15,17-19,25-26,28,30-31,33-45,49-50,52H,11,16,20-24H2,1-10H3;11-14,16-18,24-25,27,29-30,32-44,48-49,51H,15,19-23H2,1-10H3;4-7,11-12,21H,8-10H2,1-3H3/b13-12+,27-15+,32-14+;12-11+,26-14+,31-13+;/t25-,26-,28-,30-,31-,33+,34-,35-,36-,37-,38-,39-,40+,41-,42-,43+,44-,45+,47+,48+;25-,27-,29-,30-,32+,33-,34-,35-,36-,37-,38-,39+,40-,41+,42-,43-,44+,46+,47+;/m00./s1. The van der Waals surface area contributed by atoms with Crippen molar-refractivity contribution in [2.75, 3.05) is 41.7 Å². The minimum Gasteiger partial charge on any atom is -0.462 e. The van der Waals surface area contributed by atoms with E-state index in [4.69, 9.17) is 106 Å². The summed E-state index contributed by atoms with van der Waals surface area (Å²) < 4.78 is 129. The van der Waals surface area contributed by atoms with Crippen molar-refractivity contribution in [2.45, 2.75) is 422 Å². The van der Waals surface area contributed by atoms with Crippen molar-refractivity contribution in [3.05, 3.63) is 166 Å². The summed E-state index contributed by atoms with van der Waals surface area (Å²) in [6.07, 6.45) is 20.7. The first kappa shape index (κ1) is 114. The van der Waals surface area contributed by atoms with Crippen LogP contribution in [0.25, 0.3) is 0 Å². The lowest BCUT2D eigenvalue weighted by molar-refractivity contribution is -0.318. The molecule has 2 aromatic rings. The van der Waals surface area contributed by atoms with Gasteiger partial charge in [-0.1, -0.05) is 179 Å². The fraction of sp³-hybridized carbons (Fsp3) is 0.730. The molecule has 0 radical (unpaired) electrons. The van der Waals surface area contributed by atoms with Crippen molar-refractivity contribution >= 4 is 23.5 Å². The van der Waals surface area contributed by atoms with Crippen LogP contribution in [-0.2, 0) is 117 Å². The number of carbonyl (C=O) groups excluding carboxylic acids is 2. The fourth-order valence-corrected chi connectivity index (χ4v) is 23.4. The first-order valence-corrected chi connectivity index (χ1v) is 52.7. The van der Waals surface area contributed by atoms with Crippen LogP contribution in [-0.4, -0.2) is 304 Å². The number of allylic oxidation sites excluding steroid dienone is 4. The lowest BCUT2D eigenvalue weighted by Crippen LogP contribution is -2.58. The largest absolute Gasteiger partial charge is 0.462 e. The van der Waals surface area contributed by atoms with E-state index in [1.54, 1.807) is 91.4 Å². The lowest BCUT2D eigenvalue weighted by atomic mass is 9.71. The Labute approximate surface area is 855 Å². The van der Waals surface area contributed by atoms with Gasteiger partial charge in [-0.15, -0.1) is 0 Å². The zero-order chi connectivity index (χ0) is 104. The van der Waals surface area contributed by atoms with Crippen molar-refractivity contribution < 1.29 is 140 Å². The van der Waals surface area contributed by atoms with Crippen molar-refractivity contribution in [1.29, 1.82) is 0 Å². The summed E-state index contributed by atoms with van der Waals surface area (Å²) in [6, 6.07) is 7.76. The number of hydrogen-bond donors (Lipinski definition) is 7. The molecule has 804 valence electrons. The number of benzene rings is 1. The van der Waals surface area contributed by atoms with Crippen molar-refractivity contribution in [1.82, 2.24) is 14.8 Å². The second kappa shape index (κ2) is 48.3. The van der Waals surface area contributed by atoms with E-state index in [1.165, 1.54) is 11.9 Å². The average molecular weight is 2040 g/mol. The summed E-state index contributed by atoms with van der Waals surface area (Å²) in [4.78, 5) is 32.6. The maximum Gasteiger partial charge on any atom is 0.316 e. The highest BCUT2D eigenvalue weighted by Gasteiger charge is 2.63. The topological polar surface area (TPSA) is 391 Å². The van der Waals surface area contributed by atoms with Crippen molar-refractivity contribution in [3.63, 3.8) is 0 Å². The number of halogens is 1. The molecule has 13 heterocycles. The molecule has 40 atom stereocenters. The number of methoxy groups -OCH3 is 4. The van der Waals surface area contributed by atoms with E-state index in [9.17, 15) is 45.3 Å². The van der Waals surface area contributed by atoms with Crippen LogP contribution in [0.4, 0.5) is 0 Å². The van der Waals surface area contributed by atoms with Gasteiger partial charge in [-0.05, 0) is 162 Å². The molecule has 2 aliphatic carbocycles. The van der Waals surface area contributed by atoms with Crippen molar-refractivity contribution in [3.8, 4) is 0 Å². The van der Waals surface area contributed by atoms with E-state index < -0.39 is 187 Å². The summed E-state index contributed by atoms with van der Waals surface area (Å²) in [5.41, 5.74) is 0.311. The number of nitrogens with zero attached hydrogens (tertiary/aromatic N) is 3. The molecule has 8 fully saturated rings. The van der Waals surface area contributed by atoms with Gasteiger partial charge in [0.05, 0.1) is 111 Å². The molecule has 1 aromatic carbocycles. The van der Waals surface area contributed by atoms with Gasteiger partial charge in [-0.2, -0.15) is 5.10 Å². The third-order valence-electron chi connectivity index (χ3n) is 32.5. The van der Waals surface area contributed by atoms with Gasteiger partial charge in [-0.3, -0.25) is 14.3 Å². The van der Waals surface area contributed by atoms with Crippen LogP contribution in [0, 0.1) is 52.8 Å². The molecule has 32 nitrogen and oxygen atoms in total. The summed E-state index contributed by atoms with van der Waals surface area (Å²) in [7, 11) is 6.44. The molecule has 2 spiro atoms. The normalized spacial score (nSPS) is 44.2. The molecule has 0 saturated carbocycles. The zero-order valence-electron chi connectivity index (χ0n) is 88.5. The minimum atomic E-state index is -1.84. The van der Waals surface area contributed by atoms with E-state index >= 15 is 0 Å². The molecule has 144 heavy (non-hydrogen) atoms. The highest BCUT2D eigenvalue weighted by molar-refractivity contribution is 6.30. The first-order valence-electron chi connectivity index (χ1n) is 52.3. The quantitative estimate of drug-likeness (QED) is 0.0478. The minimum absolute atomic E-state index is 0.0313. The van der Waals surface area contributed by atoms with Crippen LogP contribution in [0.5, 0.6) is 0 Å². The molecule has 33 heteroatoms. The molecular weight excluding hydrogens is 1870 g/mol. The maximum atomic E-state index is 14.3. The highest BCUT2D eigenvalue weighted by Crippen LogP contribution is 2.52. The summed E-state index contributed by atoms with van der Waals surface area (Å²) in [5, 5.41) is 84.4. The van der Waals surface area contributed by atoms with Gasteiger partial charge in [-0.25, -0.2) is 4.98 Å². The van der Waals surface area contributed by atoms with Crippen LogP contribution < -0.4 is 0 Å². The Morgan fingerprint density at radius 2 is 0.944 bits per heavy atom. The van der Waals surface area contributed by atoms with Gasteiger partial charge in [0.1, 0.15) is 96.7 Å². The van der Waals surface area contributed by atoms with Gasteiger partial charge < -0.3 is 130 Å². The number of rotatable bonds is 20. The van der Waals surface area contributed by atoms with Crippen LogP contribution >= 0.6 is 11.6 Å². The van der Waals surface area contributed by atoms with Crippen LogP contribution in [0.1, 0.15) is 214 Å². The molecule has 8 saturated heterocycles. The smallest absolute Gasteiger partial charge is 0.316 e. The van der Waals surface area contributed by atoms with Gasteiger partial charge in [0, 0.05) is 109 Å². The molecule has 1 unspecified atom stereocenters. The Bertz CT molecular complexity index is 4900. The molecular formula is C111H164ClN3O29. The number of aryl methyl sites for hydroxylation is 1. The van der Waals surface area contributed by atoms with Gasteiger partial charge in [0.25, 0.3) is 0 Å². The van der Waals surface area contributed by atoms with Crippen LogP contribution in [0.15, 0.2) is 155 Å². The SMILES string of the molecule is CC(C)(C)C(O)(CCc1ccc(Cl)cc1)Cn1cncn1.CC[C@H](C)[C@H]1O[C@]2(C=C[C@@H]1C)C[C@@H]1C[C@@H](C/C=C(\C)[C@@H](O[C@H]3C[C@H](OC)[C@@H](O[C@H]4C[C@H](OC)[C@@H](O)[C@H](C)O4)[C@H](C)O3)[C@@H](C)/C=C/C=C3\CO[C@@H]4[C@H](O)C(C)=C[C@@H](C(=O)O1)[C@]34O)O2.CO[C@H]1C[C@H](O[C@H]2[C@H](C)O[C@@H](O[C@@H]3/C(C)=C/C[C@@H]4C[C@@H](C[C@]5(C=C[C@H](C)[C@@H](C(C)C)O5)O4)OC(=O)[C@@H]4C=C(C)[C@@H](O)[C@H]5OC/C(=C\C=C\[C@@H]3C)[C@]54O)C[C@@H]2OC)O[C@@H](C)[C@@H]1O. The molecule has 14 aliphatic rings. The monoisotopic (exact) mass is 2040 g/mol. The average Bonchev–Trinajstić information content (AvgIpc) is 1.57. The number of ether oxygens (including phenoxy) is 20. The second-order valence-corrected chi connectivity index (χ2v) is 44.7. The summed E-state index contributed by atoms with van der Waals surface area (Å²) in [6.45, 7) is 38.6. The Balaban J connectivity index is 0.000000190. The third-order valence-corrected chi connectivity index (χ3v) is 32.7. The summed E-state index contributed by atoms with van der Waals surface area (Å²) >= 11 is 5.90. The summed E-state index contributed by atoms with van der Waals surface area (Å²) in [5.74, 6) is -5.18. The molecule has 0 amide bonds. The lowest BCUT2D eigenvalue weighted by Gasteiger charge is -2.48. The number of hydrogen-bond acceptors (Lipinski definition) is 31. The van der Waals surface area contributed by atoms with Gasteiger partial charge in [0.2, 0.25) is 0 Å². The second-order valence-electron chi connectivity index (χ2n) is 44.3. The van der Waals surface area contributed by atoms with E-state index in [-0.39, 0.29) is 90.8 Å². The molecule has 12 aliphatic heterocycles. The number of carbonyl (C=O) groups is 2. The Morgan fingerprint density at radius 3 is 1.35 bits per heavy atom. The number of esters is 2. The maximum absolute atomic E-state index is 14.3. The van der Waals surface area contributed by atoms with E-state index in [0.29, 0.717) is 99.5 Å².